The normalized spacial score (nSPS) is 21.8. The second kappa shape index (κ2) is 6.69. The highest BCUT2D eigenvalue weighted by Gasteiger charge is 2.28. The van der Waals surface area contributed by atoms with Crippen LogP contribution in [0.4, 0.5) is 4.39 Å². The van der Waals surface area contributed by atoms with E-state index in [9.17, 15) is 9.18 Å². The average molecular weight is 342 g/mol. The Morgan fingerprint density at radius 2 is 2.04 bits per heavy atom. The lowest BCUT2D eigenvalue weighted by Gasteiger charge is -2.38. The van der Waals surface area contributed by atoms with Crippen LogP contribution < -0.4 is 5.32 Å². The molecule has 1 aromatic carbocycles. The Morgan fingerprint density at radius 3 is 2.76 bits per heavy atom. The van der Waals surface area contributed by atoms with Crippen molar-refractivity contribution in [2.45, 2.75) is 19.4 Å². The minimum Gasteiger partial charge on any atom is -0.336 e. The molecule has 2 aromatic rings. The third-order valence-electron chi connectivity index (χ3n) is 5.35. The predicted octanol–water partition coefficient (Wildman–Crippen LogP) is 1.80. The molecule has 25 heavy (non-hydrogen) atoms. The number of rotatable bonds is 2. The standard InChI is InChI=1S/C19H23FN4O/c1-13-17(10-14-2-3-15(20)11-18(14)22-13)19(25)24-8-6-23(7-9-24)16-4-5-21-12-16/h2-3,10-11,16,21H,4-9,12H2,1H3. The summed E-state index contributed by atoms with van der Waals surface area (Å²) in [5.41, 5.74) is 1.87. The van der Waals surface area contributed by atoms with Gasteiger partial charge in [0.05, 0.1) is 16.8 Å². The highest BCUT2D eigenvalue weighted by atomic mass is 19.1. The summed E-state index contributed by atoms with van der Waals surface area (Å²) in [7, 11) is 0. The molecule has 1 aromatic heterocycles. The number of benzene rings is 1. The first-order chi connectivity index (χ1) is 12.1. The van der Waals surface area contributed by atoms with Gasteiger partial charge in [0.2, 0.25) is 0 Å². The second-order valence-electron chi connectivity index (χ2n) is 6.93. The van der Waals surface area contributed by atoms with Crippen molar-refractivity contribution in [2.24, 2.45) is 0 Å². The minimum atomic E-state index is -0.309. The van der Waals surface area contributed by atoms with Crippen LogP contribution in [0.1, 0.15) is 22.5 Å². The maximum Gasteiger partial charge on any atom is 0.255 e. The number of piperazine rings is 1. The Kier molecular flexibility index (Phi) is 4.39. The SMILES string of the molecule is Cc1nc2cc(F)ccc2cc1C(=O)N1CCN(C2CCNC2)CC1. The van der Waals surface area contributed by atoms with E-state index in [0.717, 1.165) is 44.7 Å². The third-order valence-corrected chi connectivity index (χ3v) is 5.35. The van der Waals surface area contributed by atoms with Crippen LogP contribution in [0.2, 0.25) is 0 Å². The van der Waals surface area contributed by atoms with Gasteiger partial charge in [-0.1, -0.05) is 0 Å². The van der Waals surface area contributed by atoms with Gasteiger partial charge in [0.25, 0.3) is 5.91 Å². The molecule has 0 bridgehead atoms. The zero-order valence-corrected chi connectivity index (χ0v) is 14.5. The Morgan fingerprint density at radius 1 is 1.24 bits per heavy atom. The summed E-state index contributed by atoms with van der Waals surface area (Å²) in [5.74, 6) is -0.281. The zero-order valence-electron chi connectivity index (χ0n) is 14.5. The van der Waals surface area contributed by atoms with Gasteiger partial charge in [-0.05, 0) is 38.1 Å². The Hall–Kier alpha value is -2.05. The van der Waals surface area contributed by atoms with Crippen molar-refractivity contribution in [3.8, 4) is 0 Å². The van der Waals surface area contributed by atoms with Gasteiger partial charge in [0.1, 0.15) is 5.82 Å². The van der Waals surface area contributed by atoms with Gasteiger partial charge in [-0.2, -0.15) is 0 Å². The van der Waals surface area contributed by atoms with Crippen LogP contribution in [0.3, 0.4) is 0 Å². The van der Waals surface area contributed by atoms with Gasteiger partial charge < -0.3 is 10.2 Å². The van der Waals surface area contributed by atoms with Crippen LogP contribution >= 0.6 is 0 Å². The predicted molar refractivity (Wildman–Crippen MR) is 95.2 cm³/mol. The number of halogens is 1. The van der Waals surface area contributed by atoms with Gasteiger partial charge in [-0.25, -0.2) is 4.39 Å². The quantitative estimate of drug-likeness (QED) is 0.904. The monoisotopic (exact) mass is 342 g/mol. The average Bonchev–Trinajstić information content (AvgIpc) is 3.15. The number of pyridine rings is 1. The van der Waals surface area contributed by atoms with E-state index in [-0.39, 0.29) is 11.7 Å². The molecule has 1 unspecified atom stereocenters. The van der Waals surface area contributed by atoms with E-state index >= 15 is 0 Å². The fourth-order valence-corrected chi connectivity index (χ4v) is 3.86. The lowest BCUT2D eigenvalue weighted by atomic mass is 10.1. The Labute approximate surface area is 146 Å². The summed E-state index contributed by atoms with van der Waals surface area (Å²) in [4.78, 5) is 21.8. The Bertz CT molecular complexity index is 795. The highest BCUT2D eigenvalue weighted by Crippen LogP contribution is 2.20. The molecule has 2 aliphatic heterocycles. The number of carbonyl (C=O) groups is 1. The number of carbonyl (C=O) groups excluding carboxylic acids is 1. The van der Waals surface area contributed by atoms with Crippen LogP contribution in [0.5, 0.6) is 0 Å². The molecule has 3 heterocycles. The molecule has 1 atom stereocenters. The van der Waals surface area contributed by atoms with Crippen molar-refractivity contribution in [2.75, 3.05) is 39.3 Å². The van der Waals surface area contributed by atoms with Crippen molar-refractivity contribution in [1.82, 2.24) is 20.1 Å². The number of nitrogens with zero attached hydrogens (tertiary/aromatic N) is 3. The molecule has 0 aliphatic carbocycles. The molecule has 1 N–H and O–H groups in total. The molecule has 0 radical (unpaired) electrons. The summed E-state index contributed by atoms with van der Waals surface area (Å²) in [5, 5.41) is 4.20. The molecule has 2 saturated heterocycles. The van der Waals surface area contributed by atoms with Crippen LogP contribution in [0.25, 0.3) is 10.9 Å². The maximum atomic E-state index is 13.4. The second-order valence-corrected chi connectivity index (χ2v) is 6.93. The number of aryl methyl sites for hydroxylation is 1. The molecule has 2 fully saturated rings. The van der Waals surface area contributed by atoms with Gasteiger partial charge in [-0.3, -0.25) is 14.7 Å². The van der Waals surface area contributed by atoms with Crippen LogP contribution in [0.15, 0.2) is 24.3 Å². The minimum absolute atomic E-state index is 0.0282. The van der Waals surface area contributed by atoms with Crippen molar-refractivity contribution in [3.63, 3.8) is 0 Å². The van der Waals surface area contributed by atoms with E-state index in [2.05, 4.69) is 15.2 Å². The van der Waals surface area contributed by atoms with E-state index < -0.39 is 0 Å². The molecular formula is C19H23FN4O. The molecule has 0 spiro atoms. The van der Waals surface area contributed by atoms with Crippen molar-refractivity contribution >= 4 is 16.8 Å². The third kappa shape index (κ3) is 3.24. The molecule has 2 aliphatic rings. The maximum absolute atomic E-state index is 13.4. The fourth-order valence-electron chi connectivity index (χ4n) is 3.86. The van der Waals surface area contributed by atoms with Gasteiger partial charge >= 0.3 is 0 Å². The first-order valence-corrected chi connectivity index (χ1v) is 8.93. The fraction of sp³-hybridized carbons (Fsp3) is 0.474. The van der Waals surface area contributed by atoms with E-state index in [1.807, 2.05) is 17.9 Å². The van der Waals surface area contributed by atoms with Gasteiger partial charge in [0, 0.05) is 50.2 Å². The first-order valence-electron chi connectivity index (χ1n) is 8.93. The summed E-state index contributed by atoms with van der Waals surface area (Å²) >= 11 is 0. The Balaban J connectivity index is 1.50. The number of aromatic nitrogens is 1. The summed E-state index contributed by atoms with van der Waals surface area (Å²) in [6.45, 7) is 7.29. The highest BCUT2D eigenvalue weighted by molar-refractivity contribution is 5.98. The summed E-state index contributed by atoms with van der Waals surface area (Å²) < 4.78 is 13.4. The van der Waals surface area contributed by atoms with Crippen molar-refractivity contribution in [3.05, 3.63) is 41.3 Å². The van der Waals surface area contributed by atoms with E-state index in [1.165, 1.54) is 18.6 Å². The molecule has 1 amide bonds. The van der Waals surface area contributed by atoms with Crippen molar-refractivity contribution in [1.29, 1.82) is 0 Å². The lowest BCUT2D eigenvalue weighted by molar-refractivity contribution is 0.0583. The number of fused-ring (bicyclic) bond motifs is 1. The van der Waals surface area contributed by atoms with Crippen LogP contribution in [0, 0.1) is 12.7 Å². The number of hydrogen-bond donors (Lipinski definition) is 1. The zero-order chi connectivity index (χ0) is 17.4. The molecule has 6 heteroatoms. The largest absolute Gasteiger partial charge is 0.336 e. The van der Waals surface area contributed by atoms with E-state index in [1.54, 1.807) is 6.07 Å². The number of hydrogen-bond acceptors (Lipinski definition) is 4. The first kappa shape index (κ1) is 16.4. The number of nitrogens with one attached hydrogen (secondary N) is 1. The van der Waals surface area contributed by atoms with Crippen LogP contribution in [-0.4, -0.2) is 66.0 Å². The molecule has 0 saturated carbocycles. The molecule has 5 nitrogen and oxygen atoms in total. The summed E-state index contributed by atoms with van der Waals surface area (Å²) in [6, 6.07) is 6.94. The van der Waals surface area contributed by atoms with E-state index in [0.29, 0.717) is 22.8 Å². The topological polar surface area (TPSA) is 48.5 Å². The molecule has 132 valence electrons. The van der Waals surface area contributed by atoms with Gasteiger partial charge in [-0.15, -0.1) is 0 Å². The lowest BCUT2D eigenvalue weighted by Crippen LogP contribution is -2.52. The molecule has 4 rings (SSSR count). The molecular weight excluding hydrogens is 319 g/mol. The van der Waals surface area contributed by atoms with Crippen molar-refractivity contribution < 1.29 is 9.18 Å². The van der Waals surface area contributed by atoms with Crippen LogP contribution in [-0.2, 0) is 0 Å². The summed E-state index contributed by atoms with van der Waals surface area (Å²) in [6.07, 6.45) is 1.19. The van der Waals surface area contributed by atoms with E-state index in [4.69, 9.17) is 0 Å². The van der Waals surface area contributed by atoms with Gasteiger partial charge in [0.15, 0.2) is 0 Å². The smallest absolute Gasteiger partial charge is 0.255 e. The number of amides is 1.